The van der Waals surface area contributed by atoms with Gasteiger partial charge in [0.2, 0.25) is 0 Å². The predicted molar refractivity (Wildman–Crippen MR) is 79.8 cm³/mol. The molecule has 22 heavy (non-hydrogen) atoms. The van der Waals surface area contributed by atoms with E-state index in [1.165, 1.54) is 0 Å². The minimum atomic E-state index is -0.974. The first-order valence-corrected chi connectivity index (χ1v) is 7.47. The number of ether oxygens (including phenoxy) is 2. The van der Waals surface area contributed by atoms with Crippen LogP contribution < -0.4 is 0 Å². The maximum absolute atomic E-state index is 13.3. The number of aryl methyl sites for hydroxylation is 1. The molecular weight excluding hydrogens is 314 g/mol. The monoisotopic (exact) mass is 330 g/mol. The predicted octanol–water partition coefficient (Wildman–Crippen LogP) is 3.89. The van der Waals surface area contributed by atoms with E-state index in [2.05, 4.69) is 9.97 Å². The molecule has 120 valence electrons. The molecule has 0 unspecified atom stereocenters. The van der Waals surface area contributed by atoms with Crippen LogP contribution in [0, 0.1) is 11.6 Å². The van der Waals surface area contributed by atoms with Gasteiger partial charge in [-0.1, -0.05) is 11.6 Å². The Morgan fingerprint density at radius 3 is 2.14 bits per heavy atom. The van der Waals surface area contributed by atoms with Gasteiger partial charge in [0.1, 0.15) is 0 Å². The smallest absolute Gasteiger partial charge is 0.161 e. The Kier molecular flexibility index (Phi) is 5.99. The van der Waals surface area contributed by atoms with Gasteiger partial charge in [-0.2, -0.15) is 0 Å². The van der Waals surface area contributed by atoms with E-state index in [1.54, 1.807) is 0 Å². The van der Waals surface area contributed by atoms with E-state index in [4.69, 9.17) is 21.1 Å². The summed E-state index contributed by atoms with van der Waals surface area (Å²) in [4.78, 5) is 8.32. The van der Waals surface area contributed by atoms with Crippen LogP contribution >= 0.6 is 11.6 Å². The topological polar surface area (TPSA) is 44.2 Å². The third kappa shape index (κ3) is 4.09. The fraction of sp³-hybridized carbons (Fsp3) is 0.467. The molecule has 0 aliphatic carbocycles. The molecule has 0 radical (unpaired) electrons. The SMILES string of the molecule is CCOC(CCc1nc2cc(F)c(F)cc2nc1Cl)OCC. The fourth-order valence-corrected chi connectivity index (χ4v) is 2.29. The number of fused-ring (bicyclic) bond motifs is 1. The van der Waals surface area contributed by atoms with Crippen molar-refractivity contribution in [1.82, 2.24) is 9.97 Å². The second-order valence-electron chi connectivity index (χ2n) is 4.60. The van der Waals surface area contributed by atoms with Crippen molar-refractivity contribution >= 4 is 22.6 Å². The van der Waals surface area contributed by atoms with E-state index in [9.17, 15) is 8.78 Å². The molecule has 2 aromatic rings. The van der Waals surface area contributed by atoms with Crippen LogP contribution in [-0.2, 0) is 15.9 Å². The summed E-state index contributed by atoms with van der Waals surface area (Å²) in [6.45, 7) is 4.83. The molecule has 0 amide bonds. The molecule has 1 aromatic carbocycles. The summed E-state index contributed by atoms with van der Waals surface area (Å²) < 4.78 is 37.4. The molecule has 2 rings (SSSR count). The highest BCUT2D eigenvalue weighted by Gasteiger charge is 2.14. The molecule has 0 fully saturated rings. The third-order valence-corrected chi connectivity index (χ3v) is 3.35. The zero-order valence-corrected chi connectivity index (χ0v) is 13.2. The zero-order valence-electron chi connectivity index (χ0n) is 12.4. The van der Waals surface area contributed by atoms with E-state index in [-0.39, 0.29) is 22.5 Å². The van der Waals surface area contributed by atoms with E-state index >= 15 is 0 Å². The summed E-state index contributed by atoms with van der Waals surface area (Å²) in [5.41, 5.74) is 0.992. The minimum absolute atomic E-state index is 0.172. The first-order valence-electron chi connectivity index (χ1n) is 7.09. The maximum atomic E-state index is 13.3. The van der Waals surface area contributed by atoms with Crippen LogP contribution in [0.2, 0.25) is 5.15 Å². The van der Waals surface area contributed by atoms with Gasteiger partial charge >= 0.3 is 0 Å². The lowest BCUT2D eigenvalue weighted by Gasteiger charge is -2.16. The van der Waals surface area contributed by atoms with Crippen molar-refractivity contribution < 1.29 is 18.3 Å². The van der Waals surface area contributed by atoms with Gasteiger partial charge in [0.25, 0.3) is 0 Å². The number of rotatable bonds is 7. The van der Waals surface area contributed by atoms with Crippen LogP contribution in [0.3, 0.4) is 0 Å². The molecule has 0 aliphatic rings. The molecule has 1 aromatic heterocycles. The van der Waals surface area contributed by atoms with Crippen LogP contribution in [0.1, 0.15) is 26.0 Å². The number of aromatic nitrogens is 2. The molecule has 0 bridgehead atoms. The highest BCUT2D eigenvalue weighted by atomic mass is 35.5. The Hall–Kier alpha value is -1.37. The minimum Gasteiger partial charge on any atom is -0.353 e. The standard InChI is InChI=1S/C15H17ClF2N2O2/c1-3-21-14(22-4-2)6-5-11-15(16)20-13-8-10(18)9(17)7-12(13)19-11/h7-8,14H,3-6H2,1-2H3. The van der Waals surface area contributed by atoms with E-state index in [0.717, 1.165) is 12.1 Å². The molecule has 1 heterocycles. The van der Waals surface area contributed by atoms with Crippen molar-refractivity contribution in [3.05, 3.63) is 34.6 Å². The summed E-state index contributed by atoms with van der Waals surface area (Å²) in [5.74, 6) is -1.94. The number of benzene rings is 1. The molecule has 7 heteroatoms. The van der Waals surface area contributed by atoms with Crippen molar-refractivity contribution in [1.29, 1.82) is 0 Å². The van der Waals surface area contributed by atoms with E-state index in [0.29, 0.717) is 31.7 Å². The van der Waals surface area contributed by atoms with Crippen molar-refractivity contribution in [2.75, 3.05) is 13.2 Å². The van der Waals surface area contributed by atoms with E-state index < -0.39 is 11.6 Å². The molecule has 0 saturated carbocycles. The molecule has 0 atom stereocenters. The summed E-state index contributed by atoms with van der Waals surface area (Å²) in [6, 6.07) is 2.00. The Labute approximate surface area is 132 Å². The van der Waals surface area contributed by atoms with Gasteiger partial charge in [-0.15, -0.1) is 0 Å². The van der Waals surface area contributed by atoms with Crippen LogP contribution in [0.15, 0.2) is 12.1 Å². The summed E-state index contributed by atoms with van der Waals surface area (Å²) in [7, 11) is 0. The Balaban J connectivity index is 2.20. The normalized spacial score (nSPS) is 11.5. The molecule has 0 saturated heterocycles. The molecule has 0 N–H and O–H groups in total. The summed E-state index contributed by atoms with van der Waals surface area (Å²) in [6.07, 6.45) is 0.657. The lowest BCUT2D eigenvalue weighted by atomic mass is 10.2. The highest BCUT2D eigenvalue weighted by Crippen LogP contribution is 2.21. The van der Waals surface area contributed by atoms with Crippen LogP contribution in [0.25, 0.3) is 11.0 Å². The van der Waals surface area contributed by atoms with Gasteiger partial charge in [0.15, 0.2) is 23.1 Å². The number of halogens is 3. The average molecular weight is 331 g/mol. The lowest BCUT2D eigenvalue weighted by molar-refractivity contribution is -0.139. The third-order valence-electron chi connectivity index (χ3n) is 3.05. The van der Waals surface area contributed by atoms with E-state index in [1.807, 2.05) is 13.8 Å². The Morgan fingerprint density at radius 1 is 1.05 bits per heavy atom. The highest BCUT2D eigenvalue weighted by molar-refractivity contribution is 6.30. The molecule has 0 spiro atoms. The number of hydrogen-bond acceptors (Lipinski definition) is 4. The Morgan fingerprint density at radius 2 is 1.59 bits per heavy atom. The maximum Gasteiger partial charge on any atom is 0.161 e. The van der Waals surface area contributed by atoms with Crippen LogP contribution in [0.5, 0.6) is 0 Å². The molecular formula is C15H17ClF2N2O2. The summed E-state index contributed by atoms with van der Waals surface area (Å²) >= 11 is 6.06. The van der Waals surface area contributed by atoms with Crippen molar-refractivity contribution in [3.63, 3.8) is 0 Å². The molecule has 0 aliphatic heterocycles. The first-order chi connectivity index (χ1) is 10.5. The fourth-order valence-electron chi connectivity index (χ4n) is 2.07. The van der Waals surface area contributed by atoms with Crippen molar-refractivity contribution in [2.24, 2.45) is 0 Å². The lowest BCUT2D eigenvalue weighted by Crippen LogP contribution is -2.18. The quantitative estimate of drug-likeness (QED) is 0.722. The number of nitrogens with zero attached hydrogens (tertiary/aromatic N) is 2. The first kappa shape index (κ1) is 17.0. The van der Waals surface area contributed by atoms with Crippen molar-refractivity contribution in [2.45, 2.75) is 33.0 Å². The van der Waals surface area contributed by atoms with Gasteiger partial charge in [-0.25, -0.2) is 18.7 Å². The van der Waals surface area contributed by atoms with Crippen molar-refractivity contribution in [3.8, 4) is 0 Å². The average Bonchev–Trinajstić information content (AvgIpc) is 2.47. The van der Waals surface area contributed by atoms with Crippen LogP contribution in [0.4, 0.5) is 8.78 Å². The van der Waals surface area contributed by atoms with Crippen LogP contribution in [-0.4, -0.2) is 29.5 Å². The second kappa shape index (κ2) is 7.76. The largest absolute Gasteiger partial charge is 0.353 e. The zero-order chi connectivity index (χ0) is 16.1. The second-order valence-corrected chi connectivity index (χ2v) is 4.95. The van der Waals surface area contributed by atoms with Gasteiger partial charge in [-0.05, 0) is 20.3 Å². The van der Waals surface area contributed by atoms with Gasteiger partial charge < -0.3 is 9.47 Å². The van der Waals surface area contributed by atoms with Gasteiger partial charge in [-0.3, -0.25) is 0 Å². The number of hydrogen-bond donors (Lipinski definition) is 0. The summed E-state index contributed by atoms with van der Waals surface area (Å²) in [5, 5.41) is 0.172. The Bertz CT molecular complexity index is 649. The molecule has 4 nitrogen and oxygen atoms in total. The van der Waals surface area contributed by atoms with Gasteiger partial charge in [0.05, 0.1) is 16.7 Å². The van der Waals surface area contributed by atoms with Gasteiger partial charge in [0, 0.05) is 31.8 Å².